The monoisotopic (exact) mass is 259 g/mol. The summed E-state index contributed by atoms with van der Waals surface area (Å²) in [5.74, 6) is 6.88. The first kappa shape index (κ1) is 15.1. The summed E-state index contributed by atoms with van der Waals surface area (Å²) in [4.78, 5) is 11.7. The number of carbonyl (C=O) groups is 1. The number of amides is 1. The van der Waals surface area contributed by atoms with Crippen LogP contribution in [0.4, 0.5) is 0 Å². The van der Waals surface area contributed by atoms with E-state index in [1.807, 2.05) is 38.1 Å². The Labute approximate surface area is 115 Å². The fourth-order valence-electron chi connectivity index (χ4n) is 1.82. The molecule has 0 atom stereocenters. The highest BCUT2D eigenvalue weighted by Crippen LogP contribution is 2.15. The summed E-state index contributed by atoms with van der Waals surface area (Å²) >= 11 is 0. The molecule has 0 aliphatic heterocycles. The van der Waals surface area contributed by atoms with E-state index in [1.165, 1.54) is 0 Å². The fourth-order valence-corrected chi connectivity index (χ4v) is 1.82. The molecule has 102 valence electrons. The molecular formula is C16H21NO2. The van der Waals surface area contributed by atoms with E-state index in [4.69, 9.17) is 4.74 Å². The van der Waals surface area contributed by atoms with Gasteiger partial charge in [0.15, 0.2) is 0 Å². The van der Waals surface area contributed by atoms with Crippen LogP contribution in [0, 0.1) is 17.8 Å². The average Bonchev–Trinajstić information content (AvgIpc) is 2.45. The van der Waals surface area contributed by atoms with Crippen LogP contribution >= 0.6 is 0 Å². The number of ether oxygens (including phenoxy) is 1. The minimum Gasteiger partial charge on any atom is -0.495 e. The molecule has 1 rings (SSSR count). The van der Waals surface area contributed by atoms with E-state index in [0.717, 1.165) is 24.2 Å². The molecule has 0 saturated carbocycles. The highest BCUT2D eigenvalue weighted by atomic mass is 16.5. The largest absolute Gasteiger partial charge is 0.495 e. The van der Waals surface area contributed by atoms with E-state index in [-0.39, 0.29) is 11.8 Å². The minimum atomic E-state index is 0.0827. The zero-order valence-electron chi connectivity index (χ0n) is 11.8. The first-order valence-electron chi connectivity index (χ1n) is 6.62. The lowest BCUT2D eigenvalue weighted by molar-refractivity contribution is -0.124. The Balaban J connectivity index is 2.54. The molecule has 1 aromatic rings. The Kier molecular flexibility index (Phi) is 6.52. The molecule has 19 heavy (non-hydrogen) atoms. The van der Waals surface area contributed by atoms with Crippen molar-refractivity contribution < 1.29 is 9.53 Å². The van der Waals surface area contributed by atoms with Gasteiger partial charge in [0, 0.05) is 5.92 Å². The molecule has 0 bridgehead atoms. The third-order valence-corrected chi connectivity index (χ3v) is 3.04. The van der Waals surface area contributed by atoms with Crippen LogP contribution in [-0.4, -0.2) is 19.6 Å². The summed E-state index contributed by atoms with van der Waals surface area (Å²) in [6, 6.07) is 7.58. The number of hydrogen-bond donors (Lipinski definition) is 1. The number of carbonyl (C=O) groups excluding carboxylic acids is 1. The number of hydrogen-bond acceptors (Lipinski definition) is 2. The molecule has 3 heteroatoms. The summed E-state index contributed by atoms with van der Waals surface area (Å²) in [6.07, 6.45) is 1.73. The normalized spacial score (nSPS) is 9.68. The number of benzene rings is 1. The fraction of sp³-hybridized carbons (Fsp3) is 0.438. The van der Waals surface area contributed by atoms with Gasteiger partial charge in [-0.25, -0.2) is 0 Å². The molecule has 0 fully saturated rings. The second-order valence-electron chi connectivity index (χ2n) is 4.23. The lowest BCUT2D eigenvalue weighted by Gasteiger charge is -2.10. The van der Waals surface area contributed by atoms with E-state index in [9.17, 15) is 4.79 Å². The van der Waals surface area contributed by atoms with Gasteiger partial charge < -0.3 is 10.1 Å². The van der Waals surface area contributed by atoms with Gasteiger partial charge in [0.25, 0.3) is 0 Å². The second kappa shape index (κ2) is 8.20. The molecule has 0 aromatic heterocycles. The molecule has 1 amide bonds. The molecule has 3 nitrogen and oxygen atoms in total. The highest BCUT2D eigenvalue weighted by Gasteiger charge is 2.12. The Bertz CT molecular complexity index is 467. The van der Waals surface area contributed by atoms with Gasteiger partial charge in [-0.15, -0.1) is 0 Å². The lowest BCUT2D eigenvalue weighted by Crippen LogP contribution is -2.30. The maximum atomic E-state index is 11.7. The van der Waals surface area contributed by atoms with E-state index in [2.05, 4.69) is 17.2 Å². The van der Waals surface area contributed by atoms with Crippen molar-refractivity contribution in [3.8, 4) is 17.6 Å². The van der Waals surface area contributed by atoms with E-state index in [1.54, 1.807) is 7.11 Å². The SMILES string of the molecule is CCC(CC)C(=O)NCC#Cc1ccccc1OC. The molecular weight excluding hydrogens is 238 g/mol. The van der Waals surface area contributed by atoms with Crippen LogP contribution in [0.15, 0.2) is 24.3 Å². The van der Waals surface area contributed by atoms with Crippen LogP contribution in [-0.2, 0) is 4.79 Å². The van der Waals surface area contributed by atoms with Gasteiger partial charge >= 0.3 is 0 Å². The lowest BCUT2D eigenvalue weighted by atomic mass is 10.0. The molecule has 0 spiro atoms. The molecule has 1 N–H and O–H groups in total. The number of methoxy groups -OCH3 is 1. The van der Waals surface area contributed by atoms with Crippen molar-refractivity contribution in [1.29, 1.82) is 0 Å². The van der Waals surface area contributed by atoms with Crippen molar-refractivity contribution in [2.45, 2.75) is 26.7 Å². The number of nitrogens with one attached hydrogen (secondary N) is 1. The van der Waals surface area contributed by atoms with Crippen molar-refractivity contribution in [1.82, 2.24) is 5.32 Å². The third kappa shape index (κ3) is 4.67. The smallest absolute Gasteiger partial charge is 0.223 e. The van der Waals surface area contributed by atoms with Crippen LogP contribution in [0.25, 0.3) is 0 Å². The summed E-state index contributed by atoms with van der Waals surface area (Å²) in [7, 11) is 1.62. The quantitative estimate of drug-likeness (QED) is 0.825. The first-order chi connectivity index (χ1) is 9.22. The van der Waals surface area contributed by atoms with Crippen LogP contribution in [0.3, 0.4) is 0 Å². The molecule has 0 saturated heterocycles. The molecule has 1 aromatic carbocycles. The van der Waals surface area contributed by atoms with Gasteiger partial charge in [-0.2, -0.15) is 0 Å². The van der Waals surface area contributed by atoms with Gasteiger partial charge in [-0.05, 0) is 25.0 Å². The van der Waals surface area contributed by atoms with Crippen molar-refractivity contribution >= 4 is 5.91 Å². The standard InChI is InChI=1S/C16H21NO2/c1-4-13(5-2)16(18)17-12-8-10-14-9-6-7-11-15(14)19-3/h6-7,9,11,13H,4-5,12H2,1-3H3,(H,17,18). The molecule has 0 aliphatic carbocycles. The van der Waals surface area contributed by atoms with Gasteiger partial charge in [0.1, 0.15) is 5.75 Å². The van der Waals surface area contributed by atoms with Crippen LogP contribution < -0.4 is 10.1 Å². The Morgan fingerprint density at radius 2 is 2.00 bits per heavy atom. The number of rotatable bonds is 5. The van der Waals surface area contributed by atoms with Crippen LogP contribution in [0.5, 0.6) is 5.75 Å². The average molecular weight is 259 g/mol. The van der Waals surface area contributed by atoms with Gasteiger partial charge in [0.2, 0.25) is 5.91 Å². The Morgan fingerprint density at radius 3 is 2.63 bits per heavy atom. The zero-order chi connectivity index (χ0) is 14.1. The van der Waals surface area contributed by atoms with Crippen LogP contribution in [0.2, 0.25) is 0 Å². The second-order valence-corrected chi connectivity index (χ2v) is 4.23. The van der Waals surface area contributed by atoms with Crippen molar-refractivity contribution in [2.75, 3.05) is 13.7 Å². The molecule has 0 radical (unpaired) electrons. The topological polar surface area (TPSA) is 38.3 Å². The molecule has 0 heterocycles. The maximum absolute atomic E-state index is 11.7. The van der Waals surface area contributed by atoms with Gasteiger partial charge in [-0.1, -0.05) is 37.8 Å². The first-order valence-corrected chi connectivity index (χ1v) is 6.62. The predicted octanol–water partition coefficient (Wildman–Crippen LogP) is 2.60. The van der Waals surface area contributed by atoms with Crippen molar-refractivity contribution in [3.63, 3.8) is 0 Å². The third-order valence-electron chi connectivity index (χ3n) is 3.04. The van der Waals surface area contributed by atoms with Crippen molar-refractivity contribution in [2.24, 2.45) is 5.92 Å². The minimum absolute atomic E-state index is 0.0827. The summed E-state index contributed by atoms with van der Waals surface area (Å²) < 4.78 is 5.21. The molecule has 0 unspecified atom stereocenters. The van der Waals surface area contributed by atoms with E-state index < -0.39 is 0 Å². The summed E-state index contributed by atoms with van der Waals surface area (Å²) in [5.41, 5.74) is 0.835. The van der Waals surface area contributed by atoms with Crippen molar-refractivity contribution in [3.05, 3.63) is 29.8 Å². The van der Waals surface area contributed by atoms with Gasteiger partial charge in [0.05, 0.1) is 19.2 Å². The summed E-state index contributed by atoms with van der Waals surface area (Å²) in [6.45, 7) is 4.41. The zero-order valence-corrected chi connectivity index (χ0v) is 11.8. The maximum Gasteiger partial charge on any atom is 0.223 e. The Hall–Kier alpha value is -1.95. The Morgan fingerprint density at radius 1 is 1.32 bits per heavy atom. The summed E-state index contributed by atoms with van der Waals surface area (Å²) in [5, 5.41) is 2.84. The van der Waals surface area contributed by atoms with Gasteiger partial charge in [-0.3, -0.25) is 4.79 Å². The number of para-hydroxylation sites is 1. The highest BCUT2D eigenvalue weighted by molar-refractivity contribution is 5.78. The molecule has 0 aliphatic rings. The van der Waals surface area contributed by atoms with E-state index in [0.29, 0.717) is 6.54 Å². The predicted molar refractivity (Wildman–Crippen MR) is 77.0 cm³/mol. The van der Waals surface area contributed by atoms with E-state index >= 15 is 0 Å². The van der Waals surface area contributed by atoms with Crippen LogP contribution in [0.1, 0.15) is 32.3 Å².